The topological polar surface area (TPSA) is 29.1 Å². The smallest absolute Gasteiger partial charge is 0.0396 e. The van der Waals surface area contributed by atoms with Gasteiger partial charge in [0.25, 0.3) is 0 Å². The largest absolute Gasteiger partial charge is 0.316 e. The van der Waals surface area contributed by atoms with E-state index in [1.54, 1.807) is 0 Å². The van der Waals surface area contributed by atoms with Gasteiger partial charge in [-0.05, 0) is 33.7 Å². The lowest BCUT2D eigenvalue weighted by molar-refractivity contribution is 0.416. The van der Waals surface area contributed by atoms with Gasteiger partial charge in [0.1, 0.15) is 0 Å². The first kappa shape index (κ1) is 14.1. The lowest BCUT2D eigenvalue weighted by atomic mass is 10.0. The molecule has 1 N–H and O–H groups in total. The fraction of sp³-hybridized carbons (Fsp3) is 1.00. The second kappa shape index (κ2) is 5.86. The average molecular weight is 219 g/mol. The molecule has 0 aliphatic carbocycles. The van der Waals surface area contributed by atoms with Crippen molar-refractivity contribution in [2.75, 3.05) is 12.8 Å². The van der Waals surface area contributed by atoms with Gasteiger partial charge in [-0.25, -0.2) is 0 Å². The van der Waals surface area contributed by atoms with Gasteiger partial charge < -0.3 is 5.32 Å². The van der Waals surface area contributed by atoms with Gasteiger partial charge in [0.05, 0.1) is 0 Å². The summed E-state index contributed by atoms with van der Waals surface area (Å²) in [6, 6.07) is 0.375. The Labute approximate surface area is 91.3 Å². The molecular weight excluding hydrogens is 194 g/mol. The zero-order chi connectivity index (χ0) is 11.4. The molecule has 2 nitrogen and oxygen atoms in total. The minimum absolute atomic E-state index is 0.0947. The molecule has 0 saturated carbocycles. The minimum atomic E-state index is -0.752. The lowest BCUT2D eigenvalue weighted by Crippen LogP contribution is -2.40. The van der Waals surface area contributed by atoms with Crippen molar-refractivity contribution in [3.05, 3.63) is 0 Å². The van der Waals surface area contributed by atoms with Crippen LogP contribution in [0.25, 0.3) is 0 Å². The van der Waals surface area contributed by atoms with Crippen molar-refractivity contribution in [2.24, 2.45) is 5.92 Å². The molecule has 0 rings (SSSR count). The molecule has 0 aliphatic rings. The third-order valence-corrected chi connectivity index (χ3v) is 4.74. The van der Waals surface area contributed by atoms with Crippen LogP contribution in [0, 0.1) is 5.92 Å². The van der Waals surface area contributed by atoms with E-state index in [-0.39, 0.29) is 4.75 Å². The Morgan fingerprint density at radius 1 is 1.36 bits per heavy atom. The summed E-state index contributed by atoms with van der Waals surface area (Å²) >= 11 is 0. The molecule has 0 saturated heterocycles. The van der Waals surface area contributed by atoms with E-state index < -0.39 is 10.8 Å². The number of hydrogen-bond donors (Lipinski definition) is 1. The van der Waals surface area contributed by atoms with Crippen LogP contribution in [0.4, 0.5) is 0 Å². The van der Waals surface area contributed by atoms with Crippen LogP contribution in [0.3, 0.4) is 0 Å². The van der Waals surface area contributed by atoms with Crippen LogP contribution < -0.4 is 5.32 Å². The molecule has 86 valence electrons. The molecule has 3 heteroatoms. The third kappa shape index (κ3) is 4.56. The monoisotopic (exact) mass is 219 g/mol. The molecule has 0 radical (unpaired) electrons. The number of hydrogen-bond acceptors (Lipinski definition) is 2. The summed E-state index contributed by atoms with van der Waals surface area (Å²) in [6.45, 7) is 10.5. The first-order chi connectivity index (χ1) is 6.32. The minimum Gasteiger partial charge on any atom is -0.316 e. The van der Waals surface area contributed by atoms with E-state index in [9.17, 15) is 4.21 Å². The van der Waals surface area contributed by atoms with Gasteiger partial charge in [0, 0.05) is 27.3 Å². The fourth-order valence-corrected chi connectivity index (χ4v) is 2.55. The zero-order valence-corrected chi connectivity index (χ0v) is 11.2. The standard InChI is InChI=1S/C11H25NOS/c1-7-9(2)10(12-6)8-14(13)11(3,4)5/h9-10,12H,7-8H2,1-6H3. The highest BCUT2D eigenvalue weighted by molar-refractivity contribution is 7.86. The first-order valence-electron chi connectivity index (χ1n) is 5.38. The predicted octanol–water partition coefficient (Wildman–Crippen LogP) is 2.17. The van der Waals surface area contributed by atoms with Gasteiger partial charge in [0.2, 0.25) is 0 Å². The number of rotatable bonds is 5. The Morgan fingerprint density at radius 2 is 1.86 bits per heavy atom. The van der Waals surface area contributed by atoms with E-state index in [1.807, 2.05) is 27.8 Å². The van der Waals surface area contributed by atoms with Gasteiger partial charge in [-0.1, -0.05) is 20.3 Å². The normalized spacial score (nSPS) is 19.0. The molecule has 0 fully saturated rings. The van der Waals surface area contributed by atoms with Crippen LogP contribution in [0.5, 0.6) is 0 Å². The Hall–Kier alpha value is 0.110. The average Bonchev–Trinajstić information content (AvgIpc) is 2.10. The zero-order valence-electron chi connectivity index (χ0n) is 10.4. The van der Waals surface area contributed by atoms with Crippen molar-refractivity contribution in [3.63, 3.8) is 0 Å². The molecular formula is C11H25NOS. The van der Waals surface area contributed by atoms with E-state index in [2.05, 4.69) is 19.2 Å². The predicted molar refractivity (Wildman–Crippen MR) is 65.1 cm³/mol. The first-order valence-corrected chi connectivity index (χ1v) is 6.70. The van der Waals surface area contributed by atoms with Gasteiger partial charge in [0.15, 0.2) is 0 Å². The molecule has 0 aromatic carbocycles. The van der Waals surface area contributed by atoms with Crippen molar-refractivity contribution >= 4 is 10.8 Å². The summed E-state index contributed by atoms with van der Waals surface area (Å²) < 4.78 is 11.8. The quantitative estimate of drug-likeness (QED) is 0.768. The van der Waals surface area contributed by atoms with Crippen molar-refractivity contribution in [3.8, 4) is 0 Å². The Kier molecular flexibility index (Phi) is 5.91. The van der Waals surface area contributed by atoms with Crippen LogP contribution in [0.2, 0.25) is 0 Å². The Balaban J connectivity index is 4.26. The van der Waals surface area contributed by atoms with Gasteiger partial charge in [-0.15, -0.1) is 0 Å². The van der Waals surface area contributed by atoms with E-state index in [0.717, 1.165) is 12.2 Å². The molecule has 0 bridgehead atoms. The fourth-order valence-electron chi connectivity index (χ4n) is 1.23. The molecule has 0 spiro atoms. The van der Waals surface area contributed by atoms with E-state index in [4.69, 9.17) is 0 Å². The third-order valence-electron chi connectivity index (χ3n) is 2.72. The summed E-state index contributed by atoms with van der Waals surface area (Å²) in [7, 11) is 1.20. The van der Waals surface area contributed by atoms with Gasteiger partial charge >= 0.3 is 0 Å². The molecule has 3 unspecified atom stereocenters. The van der Waals surface area contributed by atoms with Gasteiger partial charge in [-0.3, -0.25) is 4.21 Å². The maximum atomic E-state index is 11.9. The van der Waals surface area contributed by atoms with Crippen LogP contribution in [0.15, 0.2) is 0 Å². The molecule has 0 heterocycles. The SMILES string of the molecule is CCC(C)C(CS(=O)C(C)(C)C)NC. The maximum absolute atomic E-state index is 11.9. The number of nitrogens with one attached hydrogen (secondary N) is 1. The molecule has 3 atom stereocenters. The Bertz CT molecular complexity index is 186. The Morgan fingerprint density at radius 3 is 2.14 bits per heavy atom. The summed E-state index contributed by atoms with van der Waals surface area (Å²) in [6.07, 6.45) is 1.13. The van der Waals surface area contributed by atoms with E-state index in [1.165, 1.54) is 0 Å². The van der Waals surface area contributed by atoms with Crippen LogP contribution in [-0.2, 0) is 10.8 Å². The molecule has 0 aliphatic heterocycles. The maximum Gasteiger partial charge on any atom is 0.0396 e. The summed E-state index contributed by atoms with van der Waals surface area (Å²) in [5.74, 6) is 1.35. The van der Waals surface area contributed by atoms with Crippen molar-refractivity contribution in [1.29, 1.82) is 0 Å². The second-order valence-electron chi connectivity index (χ2n) is 4.91. The highest BCUT2D eigenvalue weighted by Gasteiger charge is 2.24. The highest BCUT2D eigenvalue weighted by atomic mass is 32.2. The van der Waals surface area contributed by atoms with Crippen LogP contribution in [-0.4, -0.2) is 27.8 Å². The second-order valence-corrected chi connectivity index (χ2v) is 7.15. The van der Waals surface area contributed by atoms with Crippen molar-refractivity contribution in [2.45, 2.75) is 51.8 Å². The van der Waals surface area contributed by atoms with Crippen LogP contribution in [0.1, 0.15) is 41.0 Å². The molecule has 0 aromatic rings. The van der Waals surface area contributed by atoms with Gasteiger partial charge in [-0.2, -0.15) is 0 Å². The lowest BCUT2D eigenvalue weighted by Gasteiger charge is -2.26. The van der Waals surface area contributed by atoms with Crippen molar-refractivity contribution < 1.29 is 4.21 Å². The summed E-state index contributed by atoms with van der Waals surface area (Å²) in [4.78, 5) is 0. The van der Waals surface area contributed by atoms with E-state index in [0.29, 0.717) is 12.0 Å². The highest BCUT2D eigenvalue weighted by Crippen LogP contribution is 2.16. The molecule has 0 amide bonds. The van der Waals surface area contributed by atoms with E-state index >= 15 is 0 Å². The van der Waals surface area contributed by atoms with Crippen LogP contribution >= 0.6 is 0 Å². The summed E-state index contributed by atoms with van der Waals surface area (Å²) in [5.41, 5.74) is 0. The molecule has 0 aromatic heterocycles. The molecule has 14 heavy (non-hydrogen) atoms. The van der Waals surface area contributed by atoms with Crippen molar-refractivity contribution in [1.82, 2.24) is 5.32 Å². The summed E-state index contributed by atoms with van der Waals surface area (Å²) in [5, 5.41) is 3.26.